The molecule has 24 heavy (non-hydrogen) atoms. The number of aliphatic carboxylic acids is 1. The van der Waals surface area contributed by atoms with Gasteiger partial charge in [0.2, 0.25) is 5.91 Å². The Morgan fingerprint density at radius 1 is 1.25 bits per heavy atom. The highest BCUT2D eigenvalue weighted by Crippen LogP contribution is 2.15. The molecule has 132 valence electrons. The molecule has 0 bridgehead atoms. The number of hydrogen-bond acceptors (Lipinski definition) is 3. The van der Waals surface area contributed by atoms with Crippen LogP contribution in [0, 0.1) is 18.7 Å². The molecule has 0 fully saturated rings. The van der Waals surface area contributed by atoms with E-state index in [-0.39, 0.29) is 11.6 Å². The zero-order valence-electron chi connectivity index (χ0n) is 13.9. The largest absolute Gasteiger partial charge is 0.480 e. The second-order valence-corrected chi connectivity index (χ2v) is 5.88. The fourth-order valence-electron chi connectivity index (χ4n) is 2.03. The summed E-state index contributed by atoms with van der Waals surface area (Å²) in [4.78, 5) is 34.5. The molecule has 0 aliphatic heterocycles. The van der Waals surface area contributed by atoms with Crippen LogP contribution in [0.2, 0.25) is 0 Å². The maximum Gasteiger partial charge on any atom is 0.322 e. The third kappa shape index (κ3) is 6.64. The molecule has 1 aromatic rings. The van der Waals surface area contributed by atoms with Crippen LogP contribution in [0.5, 0.6) is 0 Å². The minimum Gasteiger partial charge on any atom is -0.480 e. The van der Waals surface area contributed by atoms with E-state index in [1.807, 2.05) is 13.8 Å². The van der Waals surface area contributed by atoms with Crippen LogP contribution in [-0.2, 0) is 9.59 Å². The molecule has 0 saturated carbocycles. The van der Waals surface area contributed by atoms with Gasteiger partial charge in [-0.05, 0) is 37.0 Å². The number of rotatable bonds is 7. The van der Waals surface area contributed by atoms with E-state index < -0.39 is 36.3 Å². The molecule has 0 aliphatic rings. The van der Waals surface area contributed by atoms with Crippen molar-refractivity contribution in [2.24, 2.45) is 5.92 Å². The zero-order valence-corrected chi connectivity index (χ0v) is 13.9. The summed E-state index contributed by atoms with van der Waals surface area (Å²) in [6.07, 6.45) is 0.315. The number of halogens is 1. The number of carbonyl (C=O) groups excluding carboxylic acids is 2. The number of nitrogens with one attached hydrogen (secondary N) is 3. The monoisotopic (exact) mass is 339 g/mol. The molecule has 1 atom stereocenters. The van der Waals surface area contributed by atoms with E-state index in [0.717, 1.165) is 0 Å². The zero-order chi connectivity index (χ0) is 18.3. The molecular formula is C16H22FN3O4. The smallest absolute Gasteiger partial charge is 0.322 e. The number of aryl methyl sites for hydroxylation is 1. The second-order valence-electron chi connectivity index (χ2n) is 5.88. The van der Waals surface area contributed by atoms with Gasteiger partial charge >= 0.3 is 12.0 Å². The van der Waals surface area contributed by atoms with Crippen molar-refractivity contribution in [2.45, 2.75) is 33.2 Å². The summed E-state index contributed by atoms with van der Waals surface area (Å²) in [5.41, 5.74) is 0.705. The number of benzene rings is 1. The normalized spacial score (nSPS) is 11.7. The van der Waals surface area contributed by atoms with Gasteiger partial charge in [0.25, 0.3) is 0 Å². The number of carbonyl (C=O) groups is 3. The first-order valence-corrected chi connectivity index (χ1v) is 7.52. The highest BCUT2D eigenvalue weighted by atomic mass is 19.1. The molecule has 0 unspecified atom stereocenters. The molecule has 4 N–H and O–H groups in total. The van der Waals surface area contributed by atoms with Gasteiger partial charge in [-0.2, -0.15) is 0 Å². The third-order valence-corrected chi connectivity index (χ3v) is 3.12. The summed E-state index contributed by atoms with van der Waals surface area (Å²) in [6, 6.07) is 2.68. The third-order valence-electron chi connectivity index (χ3n) is 3.12. The Morgan fingerprint density at radius 2 is 1.92 bits per heavy atom. The summed E-state index contributed by atoms with van der Waals surface area (Å²) in [5, 5.41) is 15.6. The molecule has 0 heterocycles. The van der Waals surface area contributed by atoms with E-state index in [1.165, 1.54) is 12.1 Å². The molecule has 0 aromatic heterocycles. The number of anilines is 1. The summed E-state index contributed by atoms with van der Waals surface area (Å²) >= 11 is 0. The van der Waals surface area contributed by atoms with Crippen LogP contribution in [0.3, 0.4) is 0 Å². The Kier molecular flexibility index (Phi) is 7.16. The number of amides is 3. The van der Waals surface area contributed by atoms with Gasteiger partial charge in [0, 0.05) is 0 Å². The van der Waals surface area contributed by atoms with Gasteiger partial charge < -0.3 is 21.1 Å². The second kappa shape index (κ2) is 8.85. The van der Waals surface area contributed by atoms with Crippen molar-refractivity contribution in [3.05, 3.63) is 29.6 Å². The average Bonchev–Trinajstić information content (AvgIpc) is 2.46. The van der Waals surface area contributed by atoms with Crippen molar-refractivity contribution in [2.75, 3.05) is 11.9 Å². The number of hydrogen-bond donors (Lipinski definition) is 4. The minimum atomic E-state index is -1.18. The van der Waals surface area contributed by atoms with Crippen LogP contribution in [0.15, 0.2) is 18.2 Å². The quantitative estimate of drug-likeness (QED) is 0.608. The van der Waals surface area contributed by atoms with Crippen LogP contribution in [-0.4, -0.2) is 35.6 Å². The summed E-state index contributed by atoms with van der Waals surface area (Å²) in [6.45, 7) is 4.90. The van der Waals surface area contributed by atoms with Crippen LogP contribution in [0.25, 0.3) is 0 Å². The Morgan fingerprint density at radius 3 is 2.46 bits per heavy atom. The van der Waals surface area contributed by atoms with Crippen LogP contribution in [0.4, 0.5) is 14.9 Å². The van der Waals surface area contributed by atoms with Gasteiger partial charge in [-0.15, -0.1) is 0 Å². The van der Waals surface area contributed by atoms with Gasteiger partial charge in [0.15, 0.2) is 0 Å². The molecule has 0 saturated heterocycles. The first-order valence-electron chi connectivity index (χ1n) is 7.52. The SMILES string of the molecule is Cc1ccc(NC(=O)N[C@@H](CC(C)C)C(=O)NCC(=O)O)c(F)c1. The molecule has 1 aromatic carbocycles. The van der Waals surface area contributed by atoms with Crippen molar-refractivity contribution in [1.29, 1.82) is 0 Å². The van der Waals surface area contributed by atoms with Crippen molar-refractivity contribution in [3.8, 4) is 0 Å². The van der Waals surface area contributed by atoms with Crippen molar-refractivity contribution in [1.82, 2.24) is 10.6 Å². The average molecular weight is 339 g/mol. The van der Waals surface area contributed by atoms with Crippen LogP contribution < -0.4 is 16.0 Å². The van der Waals surface area contributed by atoms with Crippen molar-refractivity contribution < 1.29 is 23.9 Å². The molecule has 7 nitrogen and oxygen atoms in total. The number of carboxylic acid groups (broad SMARTS) is 1. The number of urea groups is 1. The van der Waals surface area contributed by atoms with E-state index in [0.29, 0.717) is 12.0 Å². The van der Waals surface area contributed by atoms with E-state index in [2.05, 4.69) is 16.0 Å². The number of carboxylic acids is 1. The Labute approximate surface area is 139 Å². The van der Waals surface area contributed by atoms with Crippen LogP contribution >= 0.6 is 0 Å². The van der Waals surface area contributed by atoms with E-state index in [4.69, 9.17) is 5.11 Å². The lowest BCUT2D eigenvalue weighted by Crippen LogP contribution is -2.49. The lowest BCUT2D eigenvalue weighted by molar-refractivity contribution is -0.138. The van der Waals surface area contributed by atoms with Crippen LogP contribution in [0.1, 0.15) is 25.8 Å². The Bertz CT molecular complexity index is 619. The Hall–Kier alpha value is -2.64. The maximum atomic E-state index is 13.7. The fraction of sp³-hybridized carbons (Fsp3) is 0.438. The standard InChI is InChI=1S/C16H22FN3O4/c1-9(2)6-13(15(23)18-8-14(21)22)20-16(24)19-12-5-4-10(3)7-11(12)17/h4-5,7,9,13H,6,8H2,1-3H3,(H,18,23)(H,21,22)(H2,19,20,24)/t13-/m0/s1. The highest BCUT2D eigenvalue weighted by molar-refractivity contribution is 5.94. The van der Waals surface area contributed by atoms with Gasteiger partial charge in [0.05, 0.1) is 5.69 Å². The maximum absolute atomic E-state index is 13.7. The van der Waals surface area contributed by atoms with Gasteiger partial charge in [-0.25, -0.2) is 9.18 Å². The molecule has 0 aliphatic carbocycles. The predicted octanol–water partition coefficient (Wildman–Crippen LogP) is 1.87. The predicted molar refractivity (Wildman–Crippen MR) is 87.2 cm³/mol. The Balaban J connectivity index is 2.72. The minimum absolute atomic E-state index is 0.00709. The molecule has 0 spiro atoms. The van der Waals surface area contributed by atoms with E-state index >= 15 is 0 Å². The van der Waals surface area contributed by atoms with E-state index in [9.17, 15) is 18.8 Å². The van der Waals surface area contributed by atoms with E-state index in [1.54, 1.807) is 13.0 Å². The van der Waals surface area contributed by atoms with Gasteiger partial charge in [0.1, 0.15) is 18.4 Å². The summed E-state index contributed by atoms with van der Waals surface area (Å²) < 4.78 is 13.7. The lowest BCUT2D eigenvalue weighted by atomic mass is 10.0. The topological polar surface area (TPSA) is 108 Å². The molecule has 8 heteroatoms. The molecule has 1 rings (SSSR count). The first-order chi connectivity index (χ1) is 11.2. The lowest BCUT2D eigenvalue weighted by Gasteiger charge is -2.20. The molecule has 3 amide bonds. The van der Waals surface area contributed by atoms with Crippen molar-refractivity contribution >= 4 is 23.6 Å². The molecule has 0 radical (unpaired) electrons. The fourth-order valence-corrected chi connectivity index (χ4v) is 2.03. The summed E-state index contributed by atoms with van der Waals surface area (Å²) in [5.74, 6) is -2.29. The van der Waals surface area contributed by atoms with Gasteiger partial charge in [-0.3, -0.25) is 9.59 Å². The highest BCUT2D eigenvalue weighted by Gasteiger charge is 2.22. The van der Waals surface area contributed by atoms with Gasteiger partial charge in [-0.1, -0.05) is 19.9 Å². The summed E-state index contributed by atoms with van der Waals surface area (Å²) in [7, 11) is 0. The first kappa shape index (κ1) is 19.4. The molecular weight excluding hydrogens is 317 g/mol. The van der Waals surface area contributed by atoms with Crippen molar-refractivity contribution in [3.63, 3.8) is 0 Å².